The summed E-state index contributed by atoms with van der Waals surface area (Å²) < 4.78 is 29.6. The summed E-state index contributed by atoms with van der Waals surface area (Å²) in [7, 11) is -3.08. The molecule has 0 unspecified atom stereocenters. The second-order valence-corrected chi connectivity index (χ2v) is 8.95. The van der Waals surface area contributed by atoms with Gasteiger partial charge in [0.15, 0.2) is 9.84 Å². The highest BCUT2D eigenvalue weighted by atomic mass is 32.2. The summed E-state index contributed by atoms with van der Waals surface area (Å²) in [5.74, 6) is 0.329. The highest BCUT2D eigenvalue weighted by molar-refractivity contribution is 7.90. The van der Waals surface area contributed by atoms with Crippen LogP contribution in [-0.2, 0) is 20.2 Å². The van der Waals surface area contributed by atoms with Gasteiger partial charge in [0.1, 0.15) is 17.9 Å². The first kappa shape index (κ1) is 19.4. The molecule has 0 atom stereocenters. The summed E-state index contributed by atoms with van der Waals surface area (Å²) >= 11 is 0. The minimum atomic E-state index is -3.08. The predicted octanol–water partition coefficient (Wildman–Crippen LogP) is 1.02. The Kier molecular flexibility index (Phi) is 5.81. The van der Waals surface area contributed by atoms with Gasteiger partial charge in [-0.2, -0.15) is 5.10 Å². The Bertz CT molecular complexity index is 875. The number of aromatic nitrogens is 2. The number of carbonyl (C=O) groups is 1. The molecule has 2 heterocycles. The van der Waals surface area contributed by atoms with Gasteiger partial charge < -0.3 is 15.4 Å². The van der Waals surface area contributed by atoms with E-state index in [0.717, 1.165) is 13.1 Å². The van der Waals surface area contributed by atoms with E-state index in [9.17, 15) is 13.2 Å². The maximum Gasteiger partial charge on any atom is 0.252 e. The molecule has 27 heavy (non-hydrogen) atoms. The van der Waals surface area contributed by atoms with Gasteiger partial charge in [-0.25, -0.2) is 8.42 Å². The number of benzene rings is 1. The van der Waals surface area contributed by atoms with Crippen molar-refractivity contribution in [1.29, 1.82) is 0 Å². The molecule has 0 saturated carbocycles. The zero-order chi connectivity index (χ0) is 19.3. The summed E-state index contributed by atoms with van der Waals surface area (Å²) in [6, 6.07) is 8.77. The Morgan fingerprint density at radius 1 is 1.33 bits per heavy atom. The first-order valence-electron chi connectivity index (χ1n) is 8.82. The van der Waals surface area contributed by atoms with Gasteiger partial charge >= 0.3 is 0 Å². The van der Waals surface area contributed by atoms with Crippen molar-refractivity contribution in [1.82, 2.24) is 15.1 Å². The molecule has 2 N–H and O–H groups in total. The topological polar surface area (TPSA) is 102 Å². The molecular formula is C18H24N4O4S. The van der Waals surface area contributed by atoms with E-state index >= 15 is 0 Å². The van der Waals surface area contributed by atoms with Gasteiger partial charge in [-0.15, -0.1) is 0 Å². The van der Waals surface area contributed by atoms with Crippen molar-refractivity contribution >= 4 is 21.4 Å². The molecule has 146 valence electrons. The zero-order valence-electron chi connectivity index (χ0n) is 15.2. The fourth-order valence-corrected chi connectivity index (χ4v) is 3.53. The van der Waals surface area contributed by atoms with E-state index in [2.05, 4.69) is 15.7 Å². The number of nitrogens with zero attached hydrogens (tertiary/aromatic N) is 2. The number of sulfone groups is 1. The molecule has 1 aliphatic heterocycles. The van der Waals surface area contributed by atoms with E-state index in [4.69, 9.17) is 4.74 Å². The van der Waals surface area contributed by atoms with Crippen LogP contribution in [0.15, 0.2) is 42.7 Å². The van der Waals surface area contributed by atoms with E-state index in [0.29, 0.717) is 24.3 Å². The van der Waals surface area contributed by atoms with Gasteiger partial charge in [0, 0.05) is 30.4 Å². The molecular weight excluding hydrogens is 368 g/mol. The van der Waals surface area contributed by atoms with Gasteiger partial charge in [-0.05, 0) is 44.1 Å². The van der Waals surface area contributed by atoms with Crippen LogP contribution in [0, 0.1) is 0 Å². The van der Waals surface area contributed by atoms with E-state index in [1.807, 2.05) is 12.3 Å². The highest BCUT2D eigenvalue weighted by Crippen LogP contribution is 2.29. The lowest BCUT2D eigenvalue weighted by molar-refractivity contribution is -0.126. The average molecular weight is 392 g/mol. The molecule has 1 saturated heterocycles. The van der Waals surface area contributed by atoms with Crippen LogP contribution < -0.4 is 15.4 Å². The fraction of sp³-hybridized carbons (Fsp3) is 0.444. The lowest BCUT2D eigenvalue weighted by Crippen LogP contribution is -2.52. The molecule has 0 spiro atoms. The predicted molar refractivity (Wildman–Crippen MR) is 103 cm³/mol. The quantitative estimate of drug-likeness (QED) is 0.730. The second kappa shape index (κ2) is 8.10. The molecule has 8 nitrogen and oxygen atoms in total. The second-order valence-electron chi connectivity index (χ2n) is 6.69. The van der Waals surface area contributed by atoms with Crippen molar-refractivity contribution in [2.75, 3.05) is 37.0 Å². The number of hydrogen-bond acceptors (Lipinski definition) is 6. The smallest absolute Gasteiger partial charge is 0.252 e. The van der Waals surface area contributed by atoms with Gasteiger partial charge in [-0.3, -0.25) is 9.48 Å². The number of nitrogens with one attached hydrogen (secondary N) is 2. The third-order valence-electron chi connectivity index (χ3n) is 4.61. The standard InChI is InChI=1S/C18H24N4O4S/c1-27(24,25)13-12-26-16-5-2-4-15(14-16)21-17(23)18(6-9-19-10-7-18)22-11-3-8-20-22/h2-5,8,11,14,19H,6-7,9-10,12-13H2,1H3,(H,21,23). The lowest BCUT2D eigenvalue weighted by atomic mass is 9.87. The maximum absolute atomic E-state index is 13.1. The Balaban J connectivity index is 1.72. The van der Waals surface area contributed by atoms with Crippen LogP contribution in [0.1, 0.15) is 12.8 Å². The minimum absolute atomic E-state index is 0.0566. The Labute approximate surface area is 158 Å². The SMILES string of the molecule is CS(=O)(=O)CCOc1cccc(NC(=O)C2(n3cccn3)CCNCC2)c1. The Morgan fingerprint density at radius 2 is 2.11 bits per heavy atom. The molecule has 1 fully saturated rings. The number of piperidine rings is 1. The number of carbonyl (C=O) groups excluding carboxylic acids is 1. The largest absolute Gasteiger partial charge is 0.492 e. The van der Waals surface area contributed by atoms with Crippen LogP contribution in [0.25, 0.3) is 0 Å². The molecule has 0 radical (unpaired) electrons. The molecule has 1 amide bonds. The summed E-state index contributed by atoms with van der Waals surface area (Å²) in [6.07, 6.45) is 5.94. The third kappa shape index (κ3) is 4.86. The Morgan fingerprint density at radius 3 is 2.78 bits per heavy atom. The van der Waals surface area contributed by atoms with Crippen molar-refractivity contribution in [3.8, 4) is 5.75 Å². The molecule has 0 aliphatic carbocycles. The van der Waals surface area contributed by atoms with Gasteiger partial charge in [0.05, 0.1) is 5.75 Å². The molecule has 3 rings (SSSR count). The van der Waals surface area contributed by atoms with E-state index in [1.54, 1.807) is 35.1 Å². The average Bonchev–Trinajstić information content (AvgIpc) is 3.17. The van der Waals surface area contributed by atoms with Crippen molar-refractivity contribution in [3.05, 3.63) is 42.7 Å². The van der Waals surface area contributed by atoms with Crippen LogP contribution in [0.4, 0.5) is 5.69 Å². The molecule has 9 heteroatoms. The number of rotatable bonds is 7. The maximum atomic E-state index is 13.1. The third-order valence-corrected chi connectivity index (χ3v) is 5.52. The molecule has 1 aromatic carbocycles. The summed E-state index contributed by atoms with van der Waals surface area (Å²) in [6.45, 7) is 1.54. The molecule has 1 aliphatic rings. The number of anilines is 1. The monoisotopic (exact) mass is 392 g/mol. The van der Waals surface area contributed by atoms with Crippen molar-refractivity contribution < 1.29 is 17.9 Å². The lowest BCUT2D eigenvalue weighted by Gasteiger charge is -2.36. The molecule has 1 aromatic heterocycles. The summed E-state index contributed by atoms with van der Waals surface area (Å²) in [4.78, 5) is 13.1. The van der Waals surface area contributed by atoms with E-state index in [1.165, 1.54) is 6.26 Å². The van der Waals surface area contributed by atoms with Gasteiger partial charge in [-0.1, -0.05) is 6.07 Å². The number of hydrogen-bond donors (Lipinski definition) is 2. The van der Waals surface area contributed by atoms with E-state index < -0.39 is 15.4 Å². The van der Waals surface area contributed by atoms with E-state index in [-0.39, 0.29) is 18.3 Å². The fourth-order valence-electron chi connectivity index (χ4n) is 3.14. The van der Waals surface area contributed by atoms with Crippen LogP contribution in [-0.4, -0.2) is 55.8 Å². The molecule has 2 aromatic rings. The van der Waals surface area contributed by atoms with Crippen molar-refractivity contribution in [2.24, 2.45) is 0 Å². The zero-order valence-corrected chi connectivity index (χ0v) is 16.0. The van der Waals surface area contributed by atoms with Crippen molar-refractivity contribution in [2.45, 2.75) is 18.4 Å². The van der Waals surface area contributed by atoms with Crippen LogP contribution in [0.5, 0.6) is 5.75 Å². The minimum Gasteiger partial charge on any atom is -0.492 e. The van der Waals surface area contributed by atoms with Gasteiger partial charge in [0.25, 0.3) is 5.91 Å². The first-order valence-corrected chi connectivity index (χ1v) is 10.9. The number of amides is 1. The normalized spacial score (nSPS) is 16.6. The molecule has 0 bridgehead atoms. The van der Waals surface area contributed by atoms with Crippen LogP contribution in [0.2, 0.25) is 0 Å². The number of ether oxygens (including phenoxy) is 1. The van der Waals surface area contributed by atoms with Crippen LogP contribution >= 0.6 is 0 Å². The summed E-state index contributed by atoms with van der Waals surface area (Å²) in [5, 5.41) is 10.5. The first-order chi connectivity index (χ1) is 12.9. The van der Waals surface area contributed by atoms with Crippen molar-refractivity contribution in [3.63, 3.8) is 0 Å². The Hall–Kier alpha value is -2.39. The summed E-state index contributed by atoms with van der Waals surface area (Å²) in [5.41, 5.74) is -0.135. The highest BCUT2D eigenvalue weighted by Gasteiger charge is 2.42. The van der Waals surface area contributed by atoms with Crippen LogP contribution in [0.3, 0.4) is 0 Å². The van der Waals surface area contributed by atoms with Gasteiger partial charge in [0.2, 0.25) is 0 Å².